The molecular formula is C15H18ClN3S. The van der Waals surface area contributed by atoms with Crippen LogP contribution in [0.25, 0.3) is 11.4 Å². The number of hydrogen-bond acceptors (Lipinski definition) is 3. The molecule has 0 amide bonds. The van der Waals surface area contributed by atoms with Gasteiger partial charge in [-0.05, 0) is 30.7 Å². The van der Waals surface area contributed by atoms with Gasteiger partial charge in [-0.3, -0.25) is 4.57 Å². The third kappa shape index (κ3) is 3.44. The van der Waals surface area contributed by atoms with Gasteiger partial charge < -0.3 is 0 Å². The highest BCUT2D eigenvalue weighted by atomic mass is 35.5. The Kier molecular flexibility index (Phi) is 5.26. The Bertz CT molecular complexity index is 577. The fourth-order valence-corrected chi connectivity index (χ4v) is 2.77. The highest BCUT2D eigenvalue weighted by Gasteiger charge is 2.15. The predicted molar refractivity (Wildman–Crippen MR) is 86.3 cm³/mol. The van der Waals surface area contributed by atoms with Gasteiger partial charge in [0.05, 0.1) is 0 Å². The minimum absolute atomic E-state index is 0.515. The van der Waals surface area contributed by atoms with Crippen LogP contribution in [0.1, 0.15) is 20.3 Å². The molecule has 5 heteroatoms. The van der Waals surface area contributed by atoms with Crippen LogP contribution in [0.3, 0.4) is 0 Å². The molecule has 2 rings (SSSR count). The fourth-order valence-electron chi connectivity index (χ4n) is 1.75. The van der Waals surface area contributed by atoms with E-state index in [2.05, 4.69) is 35.2 Å². The van der Waals surface area contributed by atoms with Crippen LogP contribution in [-0.2, 0) is 6.54 Å². The smallest absolute Gasteiger partial charge is 0.192 e. The molecule has 106 valence electrons. The molecule has 0 fully saturated rings. The summed E-state index contributed by atoms with van der Waals surface area (Å²) < 4.78 is 2.09. The minimum Gasteiger partial charge on any atom is -0.298 e. The molecule has 0 saturated heterocycles. The Hall–Kier alpha value is -1.26. The standard InChI is InChI=1S/C15H18ClN3S/c1-4-10-19-14(12-6-8-13(16)9-7-12)17-18-15(19)20-11(3)5-2/h4,6-9,11H,1,5,10H2,2-3H3. The van der Waals surface area contributed by atoms with Gasteiger partial charge in [-0.15, -0.1) is 16.8 Å². The van der Waals surface area contributed by atoms with E-state index >= 15 is 0 Å². The van der Waals surface area contributed by atoms with Gasteiger partial charge in [0.15, 0.2) is 11.0 Å². The first-order chi connectivity index (χ1) is 9.65. The van der Waals surface area contributed by atoms with Crippen LogP contribution >= 0.6 is 23.4 Å². The molecule has 20 heavy (non-hydrogen) atoms. The summed E-state index contributed by atoms with van der Waals surface area (Å²) in [6, 6.07) is 7.66. The molecule has 0 aliphatic rings. The second kappa shape index (κ2) is 6.95. The minimum atomic E-state index is 0.515. The number of allylic oxidation sites excluding steroid dienone is 1. The number of rotatable bonds is 6. The van der Waals surface area contributed by atoms with Crippen molar-refractivity contribution in [3.63, 3.8) is 0 Å². The molecule has 0 radical (unpaired) electrons. The second-order valence-corrected chi connectivity index (χ2v) is 6.39. The molecule has 1 heterocycles. The van der Waals surface area contributed by atoms with Crippen LogP contribution < -0.4 is 0 Å². The van der Waals surface area contributed by atoms with E-state index in [4.69, 9.17) is 11.6 Å². The van der Waals surface area contributed by atoms with E-state index in [0.717, 1.165) is 28.0 Å². The maximum atomic E-state index is 5.93. The van der Waals surface area contributed by atoms with Gasteiger partial charge in [-0.2, -0.15) is 0 Å². The summed E-state index contributed by atoms with van der Waals surface area (Å²) in [6.45, 7) is 8.88. The molecule has 0 aliphatic heterocycles. The topological polar surface area (TPSA) is 30.7 Å². The van der Waals surface area contributed by atoms with Gasteiger partial charge >= 0.3 is 0 Å². The molecule has 0 aliphatic carbocycles. The average Bonchev–Trinajstić information content (AvgIpc) is 2.83. The van der Waals surface area contributed by atoms with Crippen LogP contribution in [0.2, 0.25) is 5.02 Å². The molecule has 1 atom stereocenters. The van der Waals surface area contributed by atoms with Crippen molar-refractivity contribution in [2.75, 3.05) is 0 Å². The van der Waals surface area contributed by atoms with Crippen molar-refractivity contribution < 1.29 is 0 Å². The largest absolute Gasteiger partial charge is 0.298 e. The fraction of sp³-hybridized carbons (Fsp3) is 0.333. The van der Waals surface area contributed by atoms with Crippen molar-refractivity contribution in [2.45, 2.75) is 37.2 Å². The zero-order valence-corrected chi connectivity index (χ0v) is 13.3. The lowest BCUT2D eigenvalue weighted by Crippen LogP contribution is -2.03. The number of thioether (sulfide) groups is 1. The summed E-state index contributed by atoms with van der Waals surface area (Å²) in [4.78, 5) is 0. The van der Waals surface area contributed by atoms with Crippen LogP contribution in [0.15, 0.2) is 42.1 Å². The zero-order chi connectivity index (χ0) is 14.5. The van der Waals surface area contributed by atoms with Crippen molar-refractivity contribution >= 4 is 23.4 Å². The lowest BCUT2D eigenvalue weighted by molar-refractivity contribution is 0.726. The van der Waals surface area contributed by atoms with Crippen molar-refractivity contribution in [1.82, 2.24) is 14.8 Å². The maximum absolute atomic E-state index is 5.93. The molecule has 0 spiro atoms. The number of benzene rings is 1. The van der Waals surface area contributed by atoms with E-state index in [1.165, 1.54) is 0 Å². The van der Waals surface area contributed by atoms with Crippen LogP contribution in [-0.4, -0.2) is 20.0 Å². The molecule has 2 aromatic rings. The normalized spacial score (nSPS) is 12.3. The summed E-state index contributed by atoms with van der Waals surface area (Å²) in [5.74, 6) is 0.854. The molecule has 1 unspecified atom stereocenters. The molecule has 1 aromatic carbocycles. The van der Waals surface area contributed by atoms with Crippen molar-refractivity contribution in [1.29, 1.82) is 0 Å². The van der Waals surface area contributed by atoms with E-state index in [1.54, 1.807) is 11.8 Å². The van der Waals surface area contributed by atoms with E-state index in [1.807, 2.05) is 30.3 Å². The predicted octanol–water partition coefficient (Wildman–Crippen LogP) is 4.68. The SMILES string of the molecule is C=CCn1c(SC(C)CC)nnc1-c1ccc(Cl)cc1. The highest BCUT2D eigenvalue weighted by Crippen LogP contribution is 2.28. The summed E-state index contributed by atoms with van der Waals surface area (Å²) in [5, 5.41) is 10.8. The molecule has 0 N–H and O–H groups in total. The third-order valence-electron chi connectivity index (χ3n) is 3.01. The van der Waals surface area contributed by atoms with Crippen molar-refractivity contribution in [2.24, 2.45) is 0 Å². The van der Waals surface area contributed by atoms with E-state index in [9.17, 15) is 0 Å². The number of aromatic nitrogens is 3. The van der Waals surface area contributed by atoms with E-state index < -0.39 is 0 Å². The van der Waals surface area contributed by atoms with Gasteiger partial charge in [-0.1, -0.05) is 43.3 Å². The number of nitrogens with zero attached hydrogens (tertiary/aromatic N) is 3. The molecular weight excluding hydrogens is 290 g/mol. The van der Waals surface area contributed by atoms with Gasteiger partial charge in [0.25, 0.3) is 0 Å². The van der Waals surface area contributed by atoms with Gasteiger partial charge in [-0.25, -0.2) is 0 Å². The highest BCUT2D eigenvalue weighted by molar-refractivity contribution is 7.99. The van der Waals surface area contributed by atoms with Crippen molar-refractivity contribution in [3.8, 4) is 11.4 Å². The number of halogens is 1. The Morgan fingerprint density at radius 2 is 2.05 bits per heavy atom. The lowest BCUT2D eigenvalue weighted by atomic mass is 10.2. The lowest BCUT2D eigenvalue weighted by Gasteiger charge is -2.10. The first kappa shape index (κ1) is 15.1. The summed E-state index contributed by atoms with van der Waals surface area (Å²) in [6.07, 6.45) is 2.96. The third-order valence-corrected chi connectivity index (χ3v) is 4.51. The van der Waals surface area contributed by atoms with Crippen LogP contribution in [0.5, 0.6) is 0 Å². The van der Waals surface area contributed by atoms with Gasteiger partial charge in [0.1, 0.15) is 0 Å². The number of hydrogen-bond donors (Lipinski definition) is 0. The Morgan fingerprint density at radius 1 is 1.35 bits per heavy atom. The van der Waals surface area contributed by atoms with Crippen LogP contribution in [0.4, 0.5) is 0 Å². The first-order valence-corrected chi connectivity index (χ1v) is 7.88. The Morgan fingerprint density at radius 3 is 2.65 bits per heavy atom. The Labute approximate surface area is 129 Å². The molecule has 0 saturated carbocycles. The first-order valence-electron chi connectivity index (χ1n) is 6.62. The monoisotopic (exact) mass is 307 g/mol. The van der Waals surface area contributed by atoms with Crippen molar-refractivity contribution in [3.05, 3.63) is 41.9 Å². The summed E-state index contributed by atoms with van der Waals surface area (Å²) in [5.41, 5.74) is 1.01. The quantitative estimate of drug-likeness (QED) is 0.573. The second-order valence-electron chi connectivity index (χ2n) is 4.55. The zero-order valence-electron chi connectivity index (χ0n) is 11.7. The van der Waals surface area contributed by atoms with E-state index in [-0.39, 0.29) is 0 Å². The summed E-state index contributed by atoms with van der Waals surface area (Å²) >= 11 is 7.67. The summed E-state index contributed by atoms with van der Waals surface area (Å²) in [7, 11) is 0. The average molecular weight is 308 g/mol. The molecule has 3 nitrogen and oxygen atoms in total. The molecule has 1 aromatic heterocycles. The molecule has 0 bridgehead atoms. The Balaban J connectivity index is 2.37. The van der Waals surface area contributed by atoms with E-state index in [0.29, 0.717) is 11.8 Å². The maximum Gasteiger partial charge on any atom is 0.192 e. The van der Waals surface area contributed by atoms with Crippen LogP contribution in [0, 0.1) is 0 Å². The van der Waals surface area contributed by atoms with Gasteiger partial charge in [0.2, 0.25) is 0 Å². The van der Waals surface area contributed by atoms with Gasteiger partial charge in [0, 0.05) is 22.4 Å².